The fourth-order valence-electron chi connectivity index (χ4n) is 2.78. The van der Waals surface area contributed by atoms with Crippen LogP contribution in [0.3, 0.4) is 0 Å². The Labute approximate surface area is 166 Å². The molecule has 0 aliphatic heterocycles. The van der Waals surface area contributed by atoms with Gasteiger partial charge < -0.3 is 14.2 Å². The molecular formula is C21H29ClO5. The summed E-state index contributed by atoms with van der Waals surface area (Å²) in [6, 6.07) is 7.18. The number of esters is 2. The average Bonchev–Trinajstić information content (AvgIpc) is 3.35. The third-order valence-electron chi connectivity index (χ3n) is 4.21. The summed E-state index contributed by atoms with van der Waals surface area (Å²) in [4.78, 5) is 24.3. The average molecular weight is 397 g/mol. The van der Waals surface area contributed by atoms with Crippen molar-refractivity contribution in [1.82, 2.24) is 0 Å². The van der Waals surface area contributed by atoms with Crippen molar-refractivity contribution in [1.29, 1.82) is 0 Å². The van der Waals surface area contributed by atoms with Gasteiger partial charge in [-0.05, 0) is 64.7 Å². The number of ether oxygens (including phenoxy) is 3. The highest BCUT2D eigenvalue weighted by Gasteiger charge is 2.39. The lowest BCUT2D eigenvalue weighted by Crippen LogP contribution is -2.37. The van der Waals surface area contributed by atoms with E-state index in [-0.39, 0.29) is 12.5 Å². The van der Waals surface area contributed by atoms with Crippen LogP contribution in [0.4, 0.5) is 0 Å². The first-order valence-corrected chi connectivity index (χ1v) is 9.77. The van der Waals surface area contributed by atoms with E-state index in [0.717, 1.165) is 12.8 Å². The predicted molar refractivity (Wildman–Crippen MR) is 104 cm³/mol. The highest BCUT2D eigenvalue weighted by molar-refractivity contribution is 6.30. The van der Waals surface area contributed by atoms with Crippen LogP contribution in [0.25, 0.3) is 0 Å². The molecule has 150 valence electrons. The van der Waals surface area contributed by atoms with E-state index >= 15 is 0 Å². The van der Waals surface area contributed by atoms with Gasteiger partial charge in [-0.1, -0.05) is 24.6 Å². The van der Waals surface area contributed by atoms with Gasteiger partial charge in [0.2, 0.25) is 0 Å². The van der Waals surface area contributed by atoms with Crippen molar-refractivity contribution in [2.75, 3.05) is 0 Å². The Bertz CT molecular complexity index is 663. The largest absolute Gasteiger partial charge is 0.486 e. The SMILES string of the molecule is C[C@H](CC(=O)OC(C)(C)C)C(=O)O[C@@H](C)[C@H](Oc1cccc(Cl)c1)C1CC1. The zero-order valence-electron chi connectivity index (χ0n) is 16.7. The van der Waals surface area contributed by atoms with E-state index in [9.17, 15) is 9.59 Å². The molecule has 0 radical (unpaired) electrons. The van der Waals surface area contributed by atoms with Gasteiger partial charge in [-0.15, -0.1) is 0 Å². The van der Waals surface area contributed by atoms with E-state index in [4.69, 9.17) is 25.8 Å². The van der Waals surface area contributed by atoms with Gasteiger partial charge in [0.25, 0.3) is 0 Å². The van der Waals surface area contributed by atoms with Crippen LogP contribution >= 0.6 is 11.6 Å². The van der Waals surface area contributed by atoms with Crippen molar-refractivity contribution in [3.63, 3.8) is 0 Å². The van der Waals surface area contributed by atoms with Crippen LogP contribution in [0.5, 0.6) is 5.75 Å². The minimum absolute atomic E-state index is 0.00787. The van der Waals surface area contributed by atoms with Gasteiger partial charge in [0.15, 0.2) is 0 Å². The highest BCUT2D eigenvalue weighted by Crippen LogP contribution is 2.37. The lowest BCUT2D eigenvalue weighted by Gasteiger charge is -2.26. The summed E-state index contributed by atoms with van der Waals surface area (Å²) in [5, 5.41) is 0.595. The number of hydrogen-bond donors (Lipinski definition) is 0. The molecule has 0 aromatic heterocycles. The second kappa shape index (κ2) is 8.96. The molecule has 6 heteroatoms. The third-order valence-corrected chi connectivity index (χ3v) is 4.45. The van der Waals surface area contributed by atoms with Gasteiger partial charge in [0, 0.05) is 5.02 Å². The van der Waals surface area contributed by atoms with Gasteiger partial charge in [0.05, 0.1) is 12.3 Å². The normalized spacial score (nSPS) is 17.6. The van der Waals surface area contributed by atoms with Gasteiger partial charge in [-0.3, -0.25) is 9.59 Å². The number of benzene rings is 1. The molecule has 2 rings (SSSR count). The molecule has 1 aromatic carbocycles. The molecule has 3 atom stereocenters. The molecule has 5 nitrogen and oxygen atoms in total. The lowest BCUT2D eigenvalue weighted by molar-refractivity contribution is -0.165. The monoisotopic (exact) mass is 396 g/mol. The van der Waals surface area contributed by atoms with Crippen LogP contribution < -0.4 is 4.74 Å². The molecule has 1 saturated carbocycles. The Morgan fingerprint density at radius 3 is 2.44 bits per heavy atom. The van der Waals surface area contributed by atoms with Crippen molar-refractivity contribution in [2.24, 2.45) is 11.8 Å². The summed E-state index contributed by atoms with van der Waals surface area (Å²) < 4.78 is 16.9. The van der Waals surface area contributed by atoms with Crippen LogP contribution in [0.1, 0.15) is 53.9 Å². The Hall–Kier alpha value is -1.75. The van der Waals surface area contributed by atoms with E-state index in [1.165, 1.54) is 0 Å². The molecule has 1 fully saturated rings. The maximum Gasteiger partial charge on any atom is 0.309 e. The molecule has 0 unspecified atom stereocenters. The number of rotatable bonds is 8. The fourth-order valence-corrected chi connectivity index (χ4v) is 2.96. The standard InChI is InChI=1S/C21H29ClO5/c1-13(11-18(23)27-21(3,4)5)20(24)25-14(2)19(15-9-10-15)26-17-8-6-7-16(22)12-17/h6-8,12-15,19H,9-11H2,1-5H3/t13-,14+,19+/m1/s1. The summed E-state index contributed by atoms with van der Waals surface area (Å²) >= 11 is 6.01. The topological polar surface area (TPSA) is 61.8 Å². The second-order valence-corrected chi connectivity index (χ2v) is 8.65. The molecule has 1 aliphatic carbocycles. The molecule has 1 aliphatic rings. The summed E-state index contributed by atoms with van der Waals surface area (Å²) in [6.45, 7) is 8.88. The quantitative estimate of drug-likeness (QED) is 0.591. The molecule has 0 N–H and O–H groups in total. The minimum atomic E-state index is -0.576. The zero-order chi connectivity index (χ0) is 20.2. The van der Waals surface area contributed by atoms with Crippen molar-refractivity contribution >= 4 is 23.5 Å². The second-order valence-electron chi connectivity index (χ2n) is 8.21. The van der Waals surface area contributed by atoms with Crippen LogP contribution in [0, 0.1) is 11.8 Å². The molecule has 0 heterocycles. The Morgan fingerprint density at radius 1 is 1.22 bits per heavy atom. The van der Waals surface area contributed by atoms with E-state index in [1.807, 2.05) is 19.1 Å². The van der Waals surface area contributed by atoms with Crippen LogP contribution in [-0.4, -0.2) is 29.7 Å². The van der Waals surface area contributed by atoms with E-state index in [2.05, 4.69) is 0 Å². The summed E-state index contributed by atoms with van der Waals surface area (Å²) in [5.74, 6) is -0.396. The molecule has 0 saturated heterocycles. The molecule has 0 spiro atoms. The van der Waals surface area contributed by atoms with Gasteiger partial charge >= 0.3 is 11.9 Å². The predicted octanol–water partition coefficient (Wildman–Crippen LogP) is 4.80. The molecule has 0 bridgehead atoms. The summed E-state index contributed by atoms with van der Waals surface area (Å²) in [5.41, 5.74) is -0.574. The summed E-state index contributed by atoms with van der Waals surface area (Å²) in [7, 11) is 0. The summed E-state index contributed by atoms with van der Waals surface area (Å²) in [6.07, 6.45) is 1.42. The lowest BCUT2D eigenvalue weighted by atomic mass is 10.1. The molecular weight excluding hydrogens is 368 g/mol. The van der Waals surface area contributed by atoms with E-state index in [1.54, 1.807) is 39.8 Å². The van der Waals surface area contributed by atoms with E-state index < -0.39 is 29.6 Å². The maximum absolute atomic E-state index is 12.4. The number of hydrogen-bond acceptors (Lipinski definition) is 5. The molecule has 0 amide bonds. The van der Waals surface area contributed by atoms with Crippen molar-refractivity contribution in [3.05, 3.63) is 29.3 Å². The Morgan fingerprint density at radius 2 is 1.89 bits per heavy atom. The number of halogens is 1. The Balaban J connectivity index is 1.91. The first kappa shape index (κ1) is 21.5. The first-order chi connectivity index (χ1) is 12.5. The highest BCUT2D eigenvalue weighted by atomic mass is 35.5. The molecule has 27 heavy (non-hydrogen) atoms. The van der Waals surface area contributed by atoms with Crippen LogP contribution in [-0.2, 0) is 19.1 Å². The molecule has 1 aromatic rings. The van der Waals surface area contributed by atoms with Gasteiger partial charge in [-0.25, -0.2) is 0 Å². The third kappa shape index (κ3) is 7.41. The van der Waals surface area contributed by atoms with Crippen LogP contribution in [0.15, 0.2) is 24.3 Å². The zero-order valence-corrected chi connectivity index (χ0v) is 17.4. The minimum Gasteiger partial charge on any atom is -0.486 e. The van der Waals surface area contributed by atoms with Gasteiger partial charge in [-0.2, -0.15) is 0 Å². The first-order valence-electron chi connectivity index (χ1n) is 9.39. The van der Waals surface area contributed by atoms with Crippen molar-refractivity contribution in [2.45, 2.75) is 71.7 Å². The van der Waals surface area contributed by atoms with E-state index in [0.29, 0.717) is 16.7 Å². The van der Waals surface area contributed by atoms with Gasteiger partial charge in [0.1, 0.15) is 23.6 Å². The number of carbonyl (C=O) groups is 2. The smallest absolute Gasteiger partial charge is 0.309 e. The Kier molecular flexibility index (Phi) is 7.15. The fraction of sp³-hybridized carbons (Fsp3) is 0.619. The van der Waals surface area contributed by atoms with Crippen molar-refractivity contribution in [3.8, 4) is 5.75 Å². The van der Waals surface area contributed by atoms with Crippen LogP contribution in [0.2, 0.25) is 5.02 Å². The number of carbonyl (C=O) groups excluding carboxylic acids is 2. The van der Waals surface area contributed by atoms with Crippen molar-refractivity contribution < 1.29 is 23.8 Å². The maximum atomic E-state index is 12.4.